The Labute approximate surface area is 161 Å². The molecule has 0 aliphatic rings. The van der Waals surface area contributed by atoms with Gasteiger partial charge in [0, 0.05) is 17.7 Å². The van der Waals surface area contributed by atoms with Crippen LogP contribution in [0.1, 0.15) is 24.2 Å². The predicted octanol–water partition coefficient (Wildman–Crippen LogP) is 3.52. The Balaban J connectivity index is 2.14. The lowest BCUT2D eigenvalue weighted by molar-refractivity contribution is -0.383. The highest BCUT2D eigenvalue weighted by Gasteiger charge is 2.16. The highest BCUT2D eigenvalue weighted by Crippen LogP contribution is 2.24. The summed E-state index contributed by atoms with van der Waals surface area (Å²) in [5, 5.41) is 16.2. The summed E-state index contributed by atoms with van der Waals surface area (Å²) >= 11 is 5.10. The van der Waals surface area contributed by atoms with E-state index in [0.29, 0.717) is 24.7 Å². The first-order chi connectivity index (χ1) is 12.9. The Hall–Kier alpha value is -3.20. The number of nitro benzene ring substituents is 1. The van der Waals surface area contributed by atoms with Gasteiger partial charge in [0.25, 0.3) is 11.6 Å². The number of rotatable bonds is 7. The zero-order valence-electron chi connectivity index (χ0n) is 14.9. The first kappa shape index (κ1) is 20.1. The third-order valence-corrected chi connectivity index (χ3v) is 3.54. The Kier molecular flexibility index (Phi) is 7.07. The number of thiocarbonyl (C=S) groups is 1. The van der Waals surface area contributed by atoms with E-state index in [9.17, 15) is 14.9 Å². The number of hydrogen-bond acceptors (Lipinski definition) is 6. The molecule has 0 aliphatic heterocycles. The number of hydrogen-bond donors (Lipinski definition) is 2. The standard InChI is InChI=1S/C18H19N3O5S/c1-3-25-13-9-12(10-14(11-13)26-4-2)17(22)20-18(27)19-15-7-5-6-8-16(15)21(23)24/h5-11H,3-4H2,1-2H3,(H2,19,20,22,27). The Morgan fingerprint density at radius 1 is 1.11 bits per heavy atom. The predicted molar refractivity (Wildman–Crippen MR) is 106 cm³/mol. The van der Waals surface area contributed by atoms with Crippen molar-refractivity contribution in [1.82, 2.24) is 5.32 Å². The normalized spacial score (nSPS) is 10.0. The van der Waals surface area contributed by atoms with Crippen LogP contribution < -0.4 is 20.1 Å². The molecule has 8 nitrogen and oxygen atoms in total. The summed E-state index contributed by atoms with van der Waals surface area (Å²) in [6.07, 6.45) is 0. The fourth-order valence-corrected chi connectivity index (χ4v) is 2.47. The number of benzene rings is 2. The zero-order valence-corrected chi connectivity index (χ0v) is 15.7. The van der Waals surface area contributed by atoms with Gasteiger partial charge in [0.05, 0.1) is 18.1 Å². The monoisotopic (exact) mass is 389 g/mol. The van der Waals surface area contributed by atoms with Gasteiger partial charge in [-0.05, 0) is 44.3 Å². The van der Waals surface area contributed by atoms with Crippen molar-refractivity contribution in [3.63, 3.8) is 0 Å². The van der Waals surface area contributed by atoms with E-state index in [1.165, 1.54) is 12.1 Å². The van der Waals surface area contributed by atoms with Crippen LogP contribution in [0.5, 0.6) is 11.5 Å². The summed E-state index contributed by atoms with van der Waals surface area (Å²) in [4.78, 5) is 23.0. The van der Waals surface area contributed by atoms with Crippen LogP contribution in [0.3, 0.4) is 0 Å². The molecule has 0 aliphatic carbocycles. The quantitative estimate of drug-likeness (QED) is 0.424. The van der Waals surface area contributed by atoms with E-state index >= 15 is 0 Å². The summed E-state index contributed by atoms with van der Waals surface area (Å²) in [6, 6.07) is 10.8. The fraction of sp³-hybridized carbons (Fsp3) is 0.222. The largest absolute Gasteiger partial charge is 0.494 e. The number of ether oxygens (including phenoxy) is 2. The van der Waals surface area contributed by atoms with Crippen LogP contribution in [0, 0.1) is 10.1 Å². The average Bonchev–Trinajstić information content (AvgIpc) is 2.62. The van der Waals surface area contributed by atoms with Crippen molar-refractivity contribution in [2.75, 3.05) is 18.5 Å². The number of nitrogens with zero attached hydrogens (tertiary/aromatic N) is 1. The van der Waals surface area contributed by atoms with Crippen molar-refractivity contribution in [3.05, 3.63) is 58.1 Å². The summed E-state index contributed by atoms with van der Waals surface area (Å²) in [5.41, 5.74) is 0.327. The zero-order chi connectivity index (χ0) is 19.8. The van der Waals surface area contributed by atoms with Gasteiger partial charge in [-0.1, -0.05) is 12.1 Å². The lowest BCUT2D eigenvalue weighted by atomic mass is 10.2. The van der Waals surface area contributed by atoms with Gasteiger partial charge in [-0.2, -0.15) is 0 Å². The number of para-hydroxylation sites is 2. The summed E-state index contributed by atoms with van der Waals surface area (Å²) in [7, 11) is 0. The molecule has 2 N–H and O–H groups in total. The maximum Gasteiger partial charge on any atom is 0.292 e. The molecule has 0 fully saturated rings. The third kappa shape index (κ3) is 5.65. The van der Waals surface area contributed by atoms with Crippen LogP contribution in [0.15, 0.2) is 42.5 Å². The molecule has 2 aromatic carbocycles. The molecule has 2 rings (SSSR count). The minimum absolute atomic E-state index is 0.0610. The number of carbonyl (C=O) groups is 1. The molecule has 0 radical (unpaired) electrons. The van der Waals surface area contributed by atoms with Crippen LogP contribution in [0.4, 0.5) is 11.4 Å². The van der Waals surface area contributed by atoms with Gasteiger partial charge in [0.1, 0.15) is 17.2 Å². The van der Waals surface area contributed by atoms with Crippen molar-refractivity contribution in [1.29, 1.82) is 0 Å². The molecule has 1 amide bonds. The third-order valence-electron chi connectivity index (χ3n) is 3.34. The molecule has 0 spiro atoms. The average molecular weight is 389 g/mol. The lowest BCUT2D eigenvalue weighted by Crippen LogP contribution is -2.34. The Morgan fingerprint density at radius 2 is 1.70 bits per heavy atom. The second kappa shape index (κ2) is 9.48. The molecule has 142 valence electrons. The van der Waals surface area contributed by atoms with Crippen molar-refractivity contribution >= 4 is 34.6 Å². The van der Waals surface area contributed by atoms with E-state index in [1.807, 2.05) is 13.8 Å². The Morgan fingerprint density at radius 3 is 2.26 bits per heavy atom. The Bertz CT molecular complexity index is 832. The topological polar surface area (TPSA) is 103 Å². The number of carbonyl (C=O) groups excluding carboxylic acids is 1. The molecule has 0 unspecified atom stereocenters. The summed E-state index contributed by atoms with van der Waals surface area (Å²) in [6.45, 7) is 4.54. The number of amides is 1. The minimum Gasteiger partial charge on any atom is -0.494 e. The second-order valence-electron chi connectivity index (χ2n) is 5.24. The molecular weight excluding hydrogens is 370 g/mol. The molecule has 0 saturated heterocycles. The molecule has 0 heterocycles. The van der Waals surface area contributed by atoms with Gasteiger partial charge in [-0.3, -0.25) is 20.2 Å². The maximum atomic E-state index is 12.5. The first-order valence-electron chi connectivity index (χ1n) is 8.21. The van der Waals surface area contributed by atoms with Crippen LogP contribution in [-0.4, -0.2) is 29.2 Å². The second-order valence-corrected chi connectivity index (χ2v) is 5.65. The fourth-order valence-electron chi connectivity index (χ4n) is 2.27. The summed E-state index contributed by atoms with van der Waals surface area (Å²) < 4.78 is 10.9. The molecule has 0 saturated carbocycles. The van der Waals surface area contributed by atoms with Gasteiger partial charge in [-0.25, -0.2) is 0 Å². The van der Waals surface area contributed by atoms with Gasteiger partial charge < -0.3 is 14.8 Å². The van der Waals surface area contributed by atoms with Crippen molar-refractivity contribution in [2.45, 2.75) is 13.8 Å². The van der Waals surface area contributed by atoms with Crippen LogP contribution >= 0.6 is 12.2 Å². The van der Waals surface area contributed by atoms with Crippen LogP contribution in [0.25, 0.3) is 0 Å². The van der Waals surface area contributed by atoms with Gasteiger partial charge >= 0.3 is 0 Å². The molecule has 0 aromatic heterocycles. The molecule has 27 heavy (non-hydrogen) atoms. The first-order valence-corrected chi connectivity index (χ1v) is 8.61. The van der Waals surface area contributed by atoms with Crippen LogP contribution in [-0.2, 0) is 0 Å². The molecule has 0 bridgehead atoms. The van der Waals surface area contributed by atoms with Gasteiger partial charge in [-0.15, -0.1) is 0 Å². The van der Waals surface area contributed by atoms with Crippen molar-refractivity contribution in [3.8, 4) is 11.5 Å². The van der Waals surface area contributed by atoms with Gasteiger partial charge in [0.15, 0.2) is 5.11 Å². The number of anilines is 1. The van der Waals surface area contributed by atoms with Crippen molar-refractivity contribution < 1.29 is 19.2 Å². The smallest absolute Gasteiger partial charge is 0.292 e. The molecule has 2 aromatic rings. The van der Waals surface area contributed by atoms with E-state index in [2.05, 4.69) is 10.6 Å². The van der Waals surface area contributed by atoms with E-state index in [-0.39, 0.29) is 22.1 Å². The van der Waals surface area contributed by atoms with E-state index in [1.54, 1.807) is 30.3 Å². The number of nitrogens with one attached hydrogen (secondary N) is 2. The highest BCUT2D eigenvalue weighted by molar-refractivity contribution is 7.80. The van der Waals surface area contributed by atoms with E-state index in [4.69, 9.17) is 21.7 Å². The maximum absolute atomic E-state index is 12.5. The van der Waals surface area contributed by atoms with Crippen LogP contribution in [0.2, 0.25) is 0 Å². The molecular formula is C18H19N3O5S. The highest BCUT2D eigenvalue weighted by atomic mass is 32.1. The van der Waals surface area contributed by atoms with Crippen molar-refractivity contribution in [2.24, 2.45) is 0 Å². The summed E-state index contributed by atoms with van der Waals surface area (Å²) in [5.74, 6) is 0.492. The SMILES string of the molecule is CCOc1cc(OCC)cc(C(=O)NC(=S)Nc2ccccc2[N+](=O)[O-])c1. The van der Waals surface area contributed by atoms with E-state index < -0.39 is 10.8 Å². The lowest BCUT2D eigenvalue weighted by Gasteiger charge is -2.12. The minimum atomic E-state index is -0.535. The molecule has 9 heteroatoms. The van der Waals surface area contributed by atoms with E-state index in [0.717, 1.165) is 0 Å². The molecule has 0 atom stereocenters. The van der Waals surface area contributed by atoms with Gasteiger partial charge in [0.2, 0.25) is 0 Å². The number of nitro groups is 1.